The number of nitrogens with two attached hydrogens (primary N) is 1. The van der Waals surface area contributed by atoms with Crippen molar-refractivity contribution in [2.24, 2.45) is 11.1 Å². The summed E-state index contributed by atoms with van der Waals surface area (Å²) in [7, 11) is 0. The Morgan fingerprint density at radius 2 is 1.89 bits per heavy atom. The number of ether oxygens (including phenoxy) is 1. The second-order valence-electron chi connectivity index (χ2n) is 6.74. The molecule has 3 heteroatoms. The van der Waals surface area contributed by atoms with Crippen LogP contribution in [0.1, 0.15) is 59.3 Å². The highest BCUT2D eigenvalue weighted by Crippen LogP contribution is 2.49. The van der Waals surface area contributed by atoms with Gasteiger partial charge in [-0.2, -0.15) is 0 Å². The second kappa shape index (κ2) is 5.48. The third-order valence-electron chi connectivity index (χ3n) is 5.32. The molecular formula is C15H30N2O. The highest BCUT2D eigenvalue weighted by molar-refractivity contribution is 5.14. The molecule has 0 spiro atoms. The van der Waals surface area contributed by atoms with Gasteiger partial charge in [-0.25, -0.2) is 0 Å². The Kier molecular flexibility index (Phi) is 4.35. The molecule has 106 valence electrons. The number of nitrogens with one attached hydrogen (secondary N) is 1. The molecule has 2 atom stereocenters. The highest BCUT2D eigenvalue weighted by atomic mass is 16.5. The lowest BCUT2D eigenvalue weighted by Crippen LogP contribution is -2.73. The molecule has 0 aromatic heterocycles. The maximum atomic E-state index is 6.58. The lowest BCUT2D eigenvalue weighted by molar-refractivity contribution is -0.148. The molecule has 0 aliphatic heterocycles. The first-order valence-corrected chi connectivity index (χ1v) is 7.63. The van der Waals surface area contributed by atoms with Crippen molar-refractivity contribution in [3.63, 3.8) is 0 Å². The molecule has 0 bridgehead atoms. The van der Waals surface area contributed by atoms with Crippen LogP contribution in [-0.2, 0) is 4.74 Å². The van der Waals surface area contributed by atoms with Crippen LogP contribution in [0.25, 0.3) is 0 Å². The molecule has 2 aliphatic rings. The molecule has 0 amide bonds. The maximum absolute atomic E-state index is 6.58. The van der Waals surface area contributed by atoms with Crippen molar-refractivity contribution in [3.8, 4) is 0 Å². The van der Waals surface area contributed by atoms with E-state index in [-0.39, 0.29) is 11.0 Å². The summed E-state index contributed by atoms with van der Waals surface area (Å²) in [5.74, 6) is 0. The van der Waals surface area contributed by atoms with Gasteiger partial charge in [0.25, 0.3) is 0 Å². The summed E-state index contributed by atoms with van der Waals surface area (Å²) >= 11 is 0. The zero-order valence-electron chi connectivity index (χ0n) is 12.3. The molecule has 2 aliphatic carbocycles. The Labute approximate surface area is 112 Å². The summed E-state index contributed by atoms with van der Waals surface area (Å²) in [4.78, 5) is 0. The van der Waals surface area contributed by atoms with Crippen LogP contribution in [0.2, 0.25) is 0 Å². The quantitative estimate of drug-likeness (QED) is 0.792. The van der Waals surface area contributed by atoms with Gasteiger partial charge in [0.2, 0.25) is 0 Å². The molecule has 0 radical (unpaired) electrons. The first-order chi connectivity index (χ1) is 8.49. The lowest BCUT2D eigenvalue weighted by atomic mass is 9.54. The van der Waals surface area contributed by atoms with E-state index in [2.05, 4.69) is 26.1 Å². The summed E-state index contributed by atoms with van der Waals surface area (Å²) < 4.78 is 5.77. The fourth-order valence-corrected chi connectivity index (χ4v) is 3.44. The molecule has 18 heavy (non-hydrogen) atoms. The predicted octanol–water partition coefficient (Wildman–Crippen LogP) is 2.44. The molecule has 2 rings (SSSR count). The molecule has 0 aromatic rings. The molecule has 3 N–H and O–H groups in total. The van der Waals surface area contributed by atoms with Crippen LogP contribution in [0, 0.1) is 5.41 Å². The van der Waals surface area contributed by atoms with E-state index >= 15 is 0 Å². The number of rotatable bonds is 5. The molecule has 0 saturated heterocycles. The van der Waals surface area contributed by atoms with Crippen LogP contribution in [0.5, 0.6) is 0 Å². The third kappa shape index (κ3) is 2.59. The topological polar surface area (TPSA) is 47.3 Å². The Morgan fingerprint density at radius 3 is 2.44 bits per heavy atom. The first-order valence-electron chi connectivity index (χ1n) is 7.63. The fourth-order valence-electron chi connectivity index (χ4n) is 3.44. The van der Waals surface area contributed by atoms with Crippen molar-refractivity contribution in [2.75, 3.05) is 13.2 Å². The van der Waals surface area contributed by atoms with Gasteiger partial charge in [-0.1, -0.05) is 33.1 Å². The Bertz CT molecular complexity index is 274. The average Bonchev–Trinajstić information content (AvgIpc) is 2.37. The standard InChI is InChI=1S/C15H30N2O/c1-4-18-13-10-15(16,14(13,2)3)11-17-12-8-6-5-7-9-12/h12-13,17H,4-11,16H2,1-3H3. The smallest absolute Gasteiger partial charge is 0.0662 e. The highest BCUT2D eigenvalue weighted by Gasteiger charge is 2.58. The molecule has 0 heterocycles. The largest absolute Gasteiger partial charge is 0.378 e. The van der Waals surface area contributed by atoms with Gasteiger partial charge < -0.3 is 15.8 Å². The minimum atomic E-state index is -0.0930. The average molecular weight is 254 g/mol. The number of hydrogen-bond donors (Lipinski definition) is 2. The van der Waals surface area contributed by atoms with E-state index in [9.17, 15) is 0 Å². The van der Waals surface area contributed by atoms with Crippen molar-refractivity contribution in [1.29, 1.82) is 0 Å². The van der Waals surface area contributed by atoms with Crippen molar-refractivity contribution >= 4 is 0 Å². The van der Waals surface area contributed by atoms with Gasteiger partial charge in [-0.3, -0.25) is 0 Å². The minimum absolute atomic E-state index is 0.0880. The monoisotopic (exact) mass is 254 g/mol. The molecule has 0 aromatic carbocycles. The van der Waals surface area contributed by atoms with Gasteiger partial charge in [0.15, 0.2) is 0 Å². The fraction of sp³-hybridized carbons (Fsp3) is 1.00. The maximum Gasteiger partial charge on any atom is 0.0662 e. The van der Waals surface area contributed by atoms with Crippen molar-refractivity contribution in [3.05, 3.63) is 0 Å². The Balaban J connectivity index is 1.81. The Hall–Kier alpha value is -0.120. The zero-order valence-corrected chi connectivity index (χ0v) is 12.3. The van der Waals surface area contributed by atoms with Gasteiger partial charge in [-0.15, -0.1) is 0 Å². The van der Waals surface area contributed by atoms with Crippen LogP contribution < -0.4 is 11.1 Å². The van der Waals surface area contributed by atoms with Crippen molar-refractivity contribution < 1.29 is 4.74 Å². The van der Waals surface area contributed by atoms with Crippen LogP contribution in [-0.4, -0.2) is 30.8 Å². The van der Waals surface area contributed by atoms with Gasteiger partial charge in [0, 0.05) is 30.1 Å². The van der Waals surface area contributed by atoms with Gasteiger partial charge in [-0.05, 0) is 26.2 Å². The molecule has 2 fully saturated rings. The van der Waals surface area contributed by atoms with Gasteiger partial charge in [0.05, 0.1) is 6.10 Å². The van der Waals surface area contributed by atoms with Gasteiger partial charge in [0.1, 0.15) is 0 Å². The van der Waals surface area contributed by atoms with E-state index in [0.717, 1.165) is 19.6 Å². The number of hydrogen-bond acceptors (Lipinski definition) is 3. The molecule has 2 saturated carbocycles. The molecular weight excluding hydrogens is 224 g/mol. The lowest BCUT2D eigenvalue weighted by Gasteiger charge is -2.59. The summed E-state index contributed by atoms with van der Waals surface area (Å²) in [6.07, 6.45) is 8.13. The van der Waals surface area contributed by atoms with E-state index in [1.165, 1.54) is 32.1 Å². The van der Waals surface area contributed by atoms with Crippen LogP contribution in [0.4, 0.5) is 0 Å². The van der Waals surface area contributed by atoms with E-state index in [1.807, 2.05) is 0 Å². The summed E-state index contributed by atoms with van der Waals surface area (Å²) in [5, 5.41) is 3.70. The van der Waals surface area contributed by atoms with Crippen molar-refractivity contribution in [2.45, 2.75) is 77.0 Å². The van der Waals surface area contributed by atoms with Crippen LogP contribution in [0.3, 0.4) is 0 Å². The molecule has 3 nitrogen and oxygen atoms in total. The Morgan fingerprint density at radius 1 is 1.22 bits per heavy atom. The van der Waals surface area contributed by atoms with Crippen molar-refractivity contribution in [1.82, 2.24) is 5.32 Å². The second-order valence-corrected chi connectivity index (χ2v) is 6.74. The van der Waals surface area contributed by atoms with Gasteiger partial charge >= 0.3 is 0 Å². The predicted molar refractivity (Wildman–Crippen MR) is 75.6 cm³/mol. The molecule has 2 unspecified atom stereocenters. The normalized spacial score (nSPS) is 36.3. The SMILES string of the molecule is CCOC1CC(N)(CNC2CCCCC2)C1(C)C. The summed E-state index contributed by atoms with van der Waals surface area (Å²) in [5.41, 5.74) is 6.57. The van der Waals surface area contributed by atoms with E-state index in [1.54, 1.807) is 0 Å². The van der Waals surface area contributed by atoms with Crippen LogP contribution in [0.15, 0.2) is 0 Å². The van der Waals surface area contributed by atoms with E-state index in [0.29, 0.717) is 12.1 Å². The van der Waals surface area contributed by atoms with Crippen LogP contribution >= 0.6 is 0 Å². The zero-order chi connectivity index (χ0) is 13.2. The first kappa shape index (κ1) is 14.3. The van der Waals surface area contributed by atoms with E-state index < -0.39 is 0 Å². The summed E-state index contributed by atoms with van der Waals surface area (Å²) in [6.45, 7) is 8.29. The summed E-state index contributed by atoms with van der Waals surface area (Å²) in [6, 6.07) is 0.695. The van der Waals surface area contributed by atoms with E-state index in [4.69, 9.17) is 10.5 Å². The minimum Gasteiger partial charge on any atom is -0.378 e. The third-order valence-corrected chi connectivity index (χ3v) is 5.32.